The van der Waals surface area contributed by atoms with E-state index in [1.54, 1.807) is 42.5 Å². The first-order chi connectivity index (χ1) is 13.1. The Morgan fingerprint density at radius 2 is 1.29 bits per heavy atom. The van der Waals surface area contributed by atoms with Crippen LogP contribution in [0.4, 0.5) is 0 Å². The summed E-state index contributed by atoms with van der Waals surface area (Å²) in [7, 11) is -7.35. The summed E-state index contributed by atoms with van der Waals surface area (Å²) >= 11 is 3.34. The maximum atomic E-state index is 13.1. The number of nitrogens with zero attached hydrogens (tertiary/aromatic N) is 2. The Morgan fingerprint density at radius 3 is 1.86 bits per heavy atom. The van der Waals surface area contributed by atoms with E-state index in [4.69, 9.17) is 0 Å². The Labute approximate surface area is 175 Å². The molecule has 1 saturated heterocycles. The van der Waals surface area contributed by atoms with Crippen molar-refractivity contribution < 1.29 is 16.8 Å². The standard InChI is InChI=1S/C19H23BrN2O4S2/c1-15-4-7-17(8-5-15)27(23,24)21-10-3-11-22(13-12-21)28(25,26)19-9-6-16(2)14-18(19)20/h4-9,14H,3,10-13H2,1-2H3. The van der Waals surface area contributed by atoms with E-state index in [-0.39, 0.29) is 36.0 Å². The first-order valence-corrected chi connectivity index (χ1v) is 12.6. The molecule has 0 atom stereocenters. The number of halogens is 1. The Morgan fingerprint density at radius 1 is 0.750 bits per heavy atom. The third-order valence-electron chi connectivity index (χ3n) is 4.78. The number of hydrogen-bond acceptors (Lipinski definition) is 4. The highest BCUT2D eigenvalue weighted by Crippen LogP contribution is 2.27. The zero-order chi connectivity index (χ0) is 20.5. The number of rotatable bonds is 4. The smallest absolute Gasteiger partial charge is 0.207 e. The molecule has 0 aliphatic carbocycles. The van der Waals surface area contributed by atoms with Gasteiger partial charge in [0, 0.05) is 30.7 Å². The van der Waals surface area contributed by atoms with E-state index >= 15 is 0 Å². The Hall–Kier alpha value is -1.26. The monoisotopic (exact) mass is 486 g/mol. The van der Waals surface area contributed by atoms with Crippen LogP contribution in [0.2, 0.25) is 0 Å². The van der Waals surface area contributed by atoms with Crippen molar-refractivity contribution in [2.75, 3.05) is 26.2 Å². The maximum absolute atomic E-state index is 13.1. The molecule has 0 radical (unpaired) electrons. The van der Waals surface area contributed by atoms with Crippen molar-refractivity contribution in [1.29, 1.82) is 0 Å². The first-order valence-electron chi connectivity index (χ1n) is 8.95. The predicted octanol–water partition coefficient (Wildman–Crippen LogP) is 3.15. The van der Waals surface area contributed by atoms with Crippen LogP contribution in [0.5, 0.6) is 0 Å². The van der Waals surface area contributed by atoms with E-state index in [0.29, 0.717) is 10.9 Å². The molecule has 1 aliphatic rings. The van der Waals surface area contributed by atoms with Gasteiger partial charge in [0.1, 0.15) is 0 Å². The molecule has 0 N–H and O–H groups in total. The fraction of sp³-hybridized carbons (Fsp3) is 0.368. The lowest BCUT2D eigenvalue weighted by atomic mass is 10.2. The molecule has 2 aromatic rings. The van der Waals surface area contributed by atoms with E-state index < -0.39 is 20.0 Å². The number of aryl methyl sites for hydroxylation is 2. The lowest BCUT2D eigenvalue weighted by molar-refractivity contribution is 0.404. The lowest BCUT2D eigenvalue weighted by Crippen LogP contribution is -2.37. The molecule has 1 fully saturated rings. The molecule has 6 nitrogen and oxygen atoms in total. The summed E-state index contributed by atoms with van der Waals surface area (Å²) in [4.78, 5) is 0.434. The van der Waals surface area contributed by atoms with E-state index in [1.165, 1.54) is 8.61 Å². The molecule has 0 bridgehead atoms. The molecular weight excluding hydrogens is 464 g/mol. The van der Waals surface area contributed by atoms with Crippen molar-refractivity contribution in [2.45, 2.75) is 30.1 Å². The number of sulfonamides is 2. The van der Waals surface area contributed by atoms with Crippen molar-refractivity contribution in [1.82, 2.24) is 8.61 Å². The van der Waals surface area contributed by atoms with Crippen LogP contribution in [0.25, 0.3) is 0 Å². The first kappa shape index (κ1) is 21.4. The molecule has 2 aromatic carbocycles. The summed E-state index contributed by atoms with van der Waals surface area (Å²) in [5, 5.41) is 0. The van der Waals surface area contributed by atoms with Gasteiger partial charge in [0.2, 0.25) is 20.0 Å². The van der Waals surface area contributed by atoms with Crippen LogP contribution in [-0.4, -0.2) is 51.6 Å². The van der Waals surface area contributed by atoms with Crippen molar-refractivity contribution >= 4 is 36.0 Å². The van der Waals surface area contributed by atoms with Crippen LogP contribution >= 0.6 is 15.9 Å². The van der Waals surface area contributed by atoms with Gasteiger partial charge in [0.15, 0.2) is 0 Å². The van der Waals surface area contributed by atoms with E-state index in [9.17, 15) is 16.8 Å². The average Bonchev–Trinajstić information content (AvgIpc) is 2.89. The van der Waals surface area contributed by atoms with Gasteiger partial charge in [0.05, 0.1) is 9.79 Å². The van der Waals surface area contributed by atoms with Crippen LogP contribution in [0.15, 0.2) is 56.7 Å². The molecule has 0 amide bonds. The fourth-order valence-electron chi connectivity index (χ4n) is 3.16. The average molecular weight is 487 g/mol. The van der Waals surface area contributed by atoms with Gasteiger partial charge in [-0.2, -0.15) is 8.61 Å². The third-order valence-corrected chi connectivity index (χ3v) is 9.57. The Balaban J connectivity index is 1.82. The number of hydrogen-bond donors (Lipinski definition) is 0. The third kappa shape index (κ3) is 4.33. The second-order valence-electron chi connectivity index (χ2n) is 6.91. The van der Waals surface area contributed by atoms with E-state index in [1.807, 2.05) is 13.8 Å². The molecule has 0 aromatic heterocycles. The molecule has 1 aliphatic heterocycles. The molecule has 1 heterocycles. The van der Waals surface area contributed by atoms with Crippen molar-refractivity contribution in [3.63, 3.8) is 0 Å². The zero-order valence-corrected chi connectivity index (χ0v) is 19.0. The highest BCUT2D eigenvalue weighted by atomic mass is 79.9. The van der Waals surface area contributed by atoms with Gasteiger partial charge in [-0.15, -0.1) is 0 Å². The molecular formula is C19H23BrN2O4S2. The van der Waals surface area contributed by atoms with Crippen LogP contribution in [0.1, 0.15) is 17.5 Å². The van der Waals surface area contributed by atoms with Gasteiger partial charge in [0.25, 0.3) is 0 Å². The van der Waals surface area contributed by atoms with Crippen molar-refractivity contribution in [3.8, 4) is 0 Å². The van der Waals surface area contributed by atoms with Gasteiger partial charge >= 0.3 is 0 Å². The highest BCUT2D eigenvalue weighted by molar-refractivity contribution is 9.10. The molecule has 0 unspecified atom stereocenters. The minimum absolute atomic E-state index is 0.119. The Kier molecular flexibility index (Phi) is 6.31. The molecule has 152 valence electrons. The summed E-state index contributed by atoms with van der Waals surface area (Å²) in [5.74, 6) is 0. The van der Waals surface area contributed by atoms with Gasteiger partial charge in [-0.1, -0.05) is 23.8 Å². The van der Waals surface area contributed by atoms with E-state index in [0.717, 1.165) is 11.1 Å². The summed E-state index contributed by atoms with van der Waals surface area (Å²) in [6.45, 7) is 4.60. The lowest BCUT2D eigenvalue weighted by Gasteiger charge is -2.22. The molecule has 0 saturated carbocycles. The quantitative estimate of drug-likeness (QED) is 0.664. The topological polar surface area (TPSA) is 74.8 Å². The molecule has 3 rings (SSSR count). The predicted molar refractivity (Wildman–Crippen MR) is 112 cm³/mol. The largest absolute Gasteiger partial charge is 0.244 e. The van der Waals surface area contributed by atoms with Crippen LogP contribution in [0, 0.1) is 13.8 Å². The van der Waals surface area contributed by atoms with Crippen molar-refractivity contribution in [3.05, 3.63) is 58.1 Å². The normalized spacial score (nSPS) is 17.4. The van der Waals surface area contributed by atoms with Gasteiger partial charge in [-0.25, -0.2) is 16.8 Å². The minimum Gasteiger partial charge on any atom is -0.207 e. The highest BCUT2D eigenvalue weighted by Gasteiger charge is 2.32. The van der Waals surface area contributed by atoms with Gasteiger partial charge in [-0.3, -0.25) is 0 Å². The summed E-state index contributed by atoms with van der Waals surface area (Å²) < 4.78 is 55.2. The number of benzene rings is 2. The van der Waals surface area contributed by atoms with Crippen LogP contribution in [-0.2, 0) is 20.0 Å². The summed E-state index contributed by atoms with van der Waals surface area (Å²) in [6, 6.07) is 11.8. The van der Waals surface area contributed by atoms with Crippen LogP contribution < -0.4 is 0 Å². The van der Waals surface area contributed by atoms with Gasteiger partial charge < -0.3 is 0 Å². The Bertz CT molecular complexity index is 1070. The minimum atomic E-state index is -3.71. The van der Waals surface area contributed by atoms with Crippen LogP contribution in [0.3, 0.4) is 0 Å². The maximum Gasteiger partial charge on any atom is 0.244 e. The van der Waals surface area contributed by atoms with E-state index in [2.05, 4.69) is 15.9 Å². The molecule has 28 heavy (non-hydrogen) atoms. The SMILES string of the molecule is Cc1ccc(S(=O)(=O)N2CCCN(S(=O)(=O)c3ccc(C)cc3Br)CC2)cc1. The summed E-state index contributed by atoms with van der Waals surface area (Å²) in [5.41, 5.74) is 1.94. The zero-order valence-electron chi connectivity index (χ0n) is 15.8. The van der Waals surface area contributed by atoms with Crippen molar-refractivity contribution in [2.24, 2.45) is 0 Å². The second-order valence-corrected chi connectivity index (χ2v) is 11.6. The summed E-state index contributed by atoms with van der Waals surface area (Å²) in [6.07, 6.45) is 0.438. The van der Waals surface area contributed by atoms with Gasteiger partial charge in [-0.05, 0) is 66.0 Å². The molecule has 0 spiro atoms. The molecule has 9 heteroatoms. The second kappa shape index (κ2) is 8.23. The fourth-order valence-corrected chi connectivity index (χ4v) is 7.26.